The van der Waals surface area contributed by atoms with Gasteiger partial charge >= 0.3 is 0 Å². The van der Waals surface area contributed by atoms with Crippen molar-refractivity contribution < 1.29 is 14.3 Å². The van der Waals surface area contributed by atoms with Crippen LogP contribution in [-0.2, 0) is 17.9 Å². The van der Waals surface area contributed by atoms with Crippen molar-refractivity contribution in [1.82, 2.24) is 4.90 Å². The molecule has 0 unspecified atom stereocenters. The zero-order chi connectivity index (χ0) is 22.7. The lowest BCUT2D eigenvalue weighted by Gasteiger charge is -2.13. The van der Waals surface area contributed by atoms with Crippen LogP contribution in [0.1, 0.15) is 22.3 Å². The van der Waals surface area contributed by atoms with Crippen LogP contribution >= 0.6 is 35.0 Å². The van der Waals surface area contributed by atoms with E-state index in [1.807, 2.05) is 42.5 Å². The van der Waals surface area contributed by atoms with Crippen LogP contribution in [0.15, 0.2) is 71.6 Å². The maximum atomic E-state index is 12.8. The minimum atomic E-state index is -0.342. The van der Waals surface area contributed by atoms with Crippen molar-refractivity contribution in [3.63, 3.8) is 0 Å². The number of benzene rings is 3. The first-order chi connectivity index (χ1) is 15.4. The predicted octanol–water partition coefficient (Wildman–Crippen LogP) is 7.12. The number of nitrogens with zero attached hydrogens (tertiary/aromatic N) is 1. The third kappa shape index (κ3) is 5.18. The molecule has 1 aliphatic heterocycles. The van der Waals surface area contributed by atoms with E-state index in [0.717, 1.165) is 28.6 Å². The van der Waals surface area contributed by atoms with Gasteiger partial charge in [-0.25, -0.2) is 0 Å². The van der Waals surface area contributed by atoms with Gasteiger partial charge in [0.1, 0.15) is 12.4 Å². The van der Waals surface area contributed by atoms with Gasteiger partial charge in [0.2, 0.25) is 0 Å². The third-order valence-corrected chi connectivity index (χ3v) is 6.54. The number of imide groups is 1. The van der Waals surface area contributed by atoms with Crippen molar-refractivity contribution in [2.75, 3.05) is 0 Å². The number of carbonyl (C=O) groups excluding carboxylic acids is 2. The van der Waals surface area contributed by atoms with E-state index in [-0.39, 0.29) is 17.7 Å². The number of amides is 2. The van der Waals surface area contributed by atoms with Gasteiger partial charge in [-0.05, 0) is 71.3 Å². The molecule has 0 bridgehead atoms. The molecule has 2 amide bonds. The molecule has 0 N–H and O–H groups in total. The van der Waals surface area contributed by atoms with E-state index in [1.54, 1.807) is 24.3 Å². The number of thioether (sulfide) groups is 1. The Morgan fingerprint density at radius 2 is 1.72 bits per heavy atom. The minimum Gasteiger partial charge on any atom is -0.489 e. The van der Waals surface area contributed by atoms with Crippen LogP contribution in [0.5, 0.6) is 5.75 Å². The maximum Gasteiger partial charge on any atom is 0.293 e. The highest BCUT2D eigenvalue weighted by atomic mass is 35.5. The molecule has 0 saturated carbocycles. The summed E-state index contributed by atoms with van der Waals surface area (Å²) < 4.78 is 5.86. The fourth-order valence-electron chi connectivity index (χ4n) is 3.20. The van der Waals surface area contributed by atoms with Crippen LogP contribution < -0.4 is 4.74 Å². The van der Waals surface area contributed by atoms with Gasteiger partial charge < -0.3 is 4.74 Å². The Morgan fingerprint density at radius 3 is 2.44 bits per heavy atom. The molecule has 4 nitrogen and oxygen atoms in total. The molecule has 1 fully saturated rings. The Hall–Kier alpha value is -2.73. The molecule has 1 heterocycles. The van der Waals surface area contributed by atoms with E-state index >= 15 is 0 Å². The molecule has 0 radical (unpaired) electrons. The van der Waals surface area contributed by atoms with Gasteiger partial charge in [0.05, 0.1) is 11.4 Å². The van der Waals surface area contributed by atoms with E-state index < -0.39 is 0 Å². The molecule has 0 aliphatic carbocycles. The van der Waals surface area contributed by atoms with Crippen LogP contribution in [0.3, 0.4) is 0 Å². The number of halogens is 2. The number of ether oxygens (including phenoxy) is 1. The first-order valence-corrected chi connectivity index (χ1v) is 11.4. The van der Waals surface area contributed by atoms with Gasteiger partial charge in [0.15, 0.2) is 0 Å². The third-order valence-electron chi connectivity index (χ3n) is 5.05. The Morgan fingerprint density at radius 1 is 0.969 bits per heavy atom. The van der Waals surface area contributed by atoms with Gasteiger partial charge in [-0.1, -0.05) is 65.7 Å². The summed E-state index contributed by atoms with van der Waals surface area (Å²) in [6, 6.07) is 20.5. The van der Waals surface area contributed by atoms with Gasteiger partial charge in [-0.15, -0.1) is 0 Å². The van der Waals surface area contributed by atoms with Gasteiger partial charge in [0, 0.05) is 10.0 Å². The average molecular weight is 484 g/mol. The van der Waals surface area contributed by atoms with Gasteiger partial charge in [0.25, 0.3) is 11.1 Å². The van der Waals surface area contributed by atoms with Crippen molar-refractivity contribution in [2.24, 2.45) is 0 Å². The second-order valence-electron chi connectivity index (χ2n) is 7.29. The van der Waals surface area contributed by atoms with E-state index in [1.165, 1.54) is 10.5 Å². The first-order valence-electron chi connectivity index (χ1n) is 9.87. The van der Waals surface area contributed by atoms with Crippen LogP contribution in [0.25, 0.3) is 6.08 Å². The molecule has 3 aromatic rings. The molecule has 1 aliphatic rings. The summed E-state index contributed by atoms with van der Waals surface area (Å²) in [7, 11) is 0. The number of hydrogen-bond donors (Lipinski definition) is 0. The summed E-state index contributed by atoms with van der Waals surface area (Å²) in [5.74, 6) is 0.391. The number of carbonyl (C=O) groups is 2. The van der Waals surface area contributed by atoms with Crippen LogP contribution in [0.2, 0.25) is 10.0 Å². The van der Waals surface area contributed by atoms with E-state index in [4.69, 9.17) is 27.9 Å². The summed E-state index contributed by atoms with van der Waals surface area (Å²) in [4.78, 5) is 26.7. The minimum absolute atomic E-state index is 0.101. The molecule has 7 heteroatoms. The van der Waals surface area contributed by atoms with Crippen molar-refractivity contribution >= 4 is 52.2 Å². The summed E-state index contributed by atoms with van der Waals surface area (Å²) in [6.45, 7) is 2.64. The Labute approximate surface area is 200 Å². The molecule has 32 heavy (non-hydrogen) atoms. The maximum absolute atomic E-state index is 12.8. The molecule has 4 rings (SSSR count). The second kappa shape index (κ2) is 9.82. The molecular formula is C25H19Cl2NO3S. The highest BCUT2D eigenvalue weighted by molar-refractivity contribution is 8.18. The summed E-state index contributed by atoms with van der Waals surface area (Å²) >= 11 is 13.0. The first kappa shape index (κ1) is 22.5. The molecule has 1 saturated heterocycles. The van der Waals surface area contributed by atoms with Crippen molar-refractivity contribution in [2.45, 2.75) is 20.1 Å². The quantitative estimate of drug-likeness (QED) is 0.350. The topological polar surface area (TPSA) is 46.6 Å². The predicted molar refractivity (Wildman–Crippen MR) is 130 cm³/mol. The van der Waals surface area contributed by atoms with Crippen molar-refractivity contribution in [1.29, 1.82) is 0 Å². The highest BCUT2D eigenvalue weighted by Crippen LogP contribution is 2.34. The normalized spacial score (nSPS) is 15.0. The summed E-state index contributed by atoms with van der Waals surface area (Å²) in [6.07, 6.45) is 1.71. The monoisotopic (exact) mass is 483 g/mol. The fourth-order valence-corrected chi connectivity index (χ4v) is 4.51. The number of hydrogen-bond acceptors (Lipinski definition) is 4. The Kier molecular flexibility index (Phi) is 6.89. The molecule has 0 spiro atoms. The zero-order valence-corrected chi connectivity index (χ0v) is 19.5. The Balaban J connectivity index is 1.42. The number of rotatable bonds is 6. The smallest absolute Gasteiger partial charge is 0.293 e. The van der Waals surface area contributed by atoms with Crippen LogP contribution in [0.4, 0.5) is 4.79 Å². The van der Waals surface area contributed by atoms with Crippen molar-refractivity contribution in [3.05, 3.63) is 104 Å². The van der Waals surface area contributed by atoms with Gasteiger partial charge in [-0.3, -0.25) is 14.5 Å². The SMILES string of the molecule is Cc1ccccc1COc1ccc(/C=C2\SC(=O)N(Cc3ccc(Cl)cc3Cl)C2=O)cc1. The summed E-state index contributed by atoms with van der Waals surface area (Å²) in [5.41, 5.74) is 3.78. The number of aryl methyl sites for hydroxylation is 1. The van der Waals surface area contributed by atoms with E-state index in [0.29, 0.717) is 27.1 Å². The van der Waals surface area contributed by atoms with Crippen molar-refractivity contribution in [3.8, 4) is 5.75 Å². The van der Waals surface area contributed by atoms with Crippen LogP contribution in [-0.4, -0.2) is 16.0 Å². The Bertz CT molecular complexity index is 1210. The molecule has 3 aromatic carbocycles. The lowest BCUT2D eigenvalue weighted by molar-refractivity contribution is -0.123. The zero-order valence-electron chi connectivity index (χ0n) is 17.2. The van der Waals surface area contributed by atoms with E-state index in [2.05, 4.69) is 13.0 Å². The fraction of sp³-hybridized carbons (Fsp3) is 0.120. The summed E-state index contributed by atoms with van der Waals surface area (Å²) in [5, 5.41) is 0.589. The highest BCUT2D eigenvalue weighted by Gasteiger charge is 2.35. The van der Waals surface area contributed by atoms with Crippen LogP contribution in [0, 0.1) is 6.92 Å². The molecule has 0 atom stereocenters. The molecule has 0 aromatic heterocycles. The van der Waals surface area contributed by atoms with E-state index in [9.17, 15) is 9.59 Å². The standard InChI is InChI=1S/C25H19Cl2NO3S/c1-16-4-2-3-5-19(16)15-31-21-10-6-17(7-11-21)12-23-24(29)28(25(30)32-23)14-18-8-9-20(26)13-22(18)27/h2-13H,14-15H2,1H3/b23-12-. The lowest BCUT2D eigenvalue weighted by atomic mass is 10.1. The largest absolute Gasteiger partial charge is 0.489 e. The molecular weight excluding hydrogens is 465 g/mol. The van der Waals surface area contributed by atoms with Gasteiger partial charge in [-0.2, -0.15) is 0 Å². The average Bonchev–Trinajstić information content (AvgIpc) is 3.03. The molecule has 162 valence electrons. The lowest BCUT2D eigenvalue weighted by Crippen LogP contribution is -2.27. The second-order valence-corrected chi connectivity index (χ2v) is 9.12.